The topological polar surface area (TPSA) is 122 Å². The molecule has 4 aliphatic rings. The summed E-state index contributed by atoms with van der Waals surface area (Å²) in [5.74, 6) is -1.71. The van der Waals surface area contributed by atoms with Gasteiger partial charge in [-0.05, 0) is 32.1 Å². The van der Waals surface area contributed by atoms with Crippen LogP contribution in [0.15, 0.2) is 0 Å². The Hall–Kier alpha value is -2.00. The highest BCUT2D eigenvalue weighted by molar-refractivity contribution is 6.08. The van der Waals surface area contributed by atoms with Crippen molar-refractivity contribution in [3.8, 4) is 0 Å². The van der Waals surface area contributed by atoms with Crippen LogP contribution < -0.4 is 11.1 Å². The third-order valence-electron chi connectivity index (χ3n) is 6.52. The second kappa shape index (κ2) is 7.79. The lowest BCUT2D eigenvalue weighted by Crippen LogP contribution is -2.53. The molecule has 9 heteroatoms. The van der Waals surface area contributed by atoms with Crippen molar-refractivity contribution in [2.45, 2.75) is 56.8 Å². The Morgan fingerprint density at radius 1 is 1.07 bits per heavy atom. The molecule has 3 N–H and O–H groups in total. The predicted octanol–water partition coefficient (Wildman–Crippen LogP) is -1.01. The number of amides is 4. The van der Waals surface area contributed by atoms with Gasteiger partial charge in [0.1, 0.15) is 6.54 Å². The Morgan fingerprint density at radius 2 is 1.75 bits per heavy atom. The zero-order valence-electron chi connectivity index (χ0n) is 16.0. The Morgan fingerprint density at radius 3 is 2.39 bits per heavy atom. The zero-order valence-corrected chi connectivity index (χ0v) is 16.0. The van der Waals surface area contributed by atoms with Crippen LogP contribution in [0.1, 0.15) is 38.5 Å². The first-order valence-corrected chi connectivity index (χ1v) is 10.3. The van der Waals surface area contributed by atoms with Crippen LogP contribution in [-0.4, -0.2) is 77.9 Å². The molecule has 4 amide bonds. The maximum Gasteiger partial charge on any atom is 0.243 e. The molecule has 4 fully saturated rings. The van der Waals surface area contributed by atoms with Gasteiger partial charge in [0.15, 0.2) is 0 Å². The van der Waals surface area contributed by atoms with E-state index in [-0.39, 0.29) is 61.4 Å². The Labute approximate surface area is 163 Å². The molecule has 0 saturated carbocycles. The van der Waals surface area contributed by atoms with Gasteiger partial charge in [0.2, 0.25) is 23.6 Å². The lowest BCUT2D eigenvalue weighted by molar-refractivity contribution is -0.149. The third-order valence-corrected chi connectivity index (χ3v) is 6.52. The van der Waals surface area contributed by atoms with E-state index >= 15 is 0 Å². The standard InChI is InChI=1S/C19H28N4O5/c20-7-6-14(24)21-9-11-3-1-2-8-22(11)15(25)10-23-18(26)16-12-4-5-13(28-12)17(16)19(23)27/h11-13,16-17H,1-10,20H2,(H,21,24). The number of ether oxygens (including phenoxy) is 1. The van der Waals surface area contributed by atoms with E-state index in [1.165, 1.54) is 0 Å². The third kappa shape index (κ3) is 3.30. The fraction of sp³-hybridized carbons (Fsp3) is 0.789. The molecular weight excluding hydrogens is 364 g/mol. The number of rotatable bonds is 6. The van der Waals surface area contributed by atoms with E-state index in [2.05, 4.69) is 5.32 Å². The van der Waals surface area contributed by atoms with Gasteiger partial charge in [-0.1, -0.05) is 0 Å². The molecule has 0 aromatic carbocycles. The SMILES string of the molecule is NCCC(=O)NCC1CCCCN1C(=O)CN1C(=O)C2C3CCC(O3)C2C1=O. The summed E-state index contributed by atoms with van der Waals surface area (Å²) in [5.41, 5.74) is 5.39. The average molecular weight is 392 g/mol. The number of carbonyl (C=O) groups is 4. The fourth-order valence-corrected chi connectivity index (χ4v) is 5.15. The first-order valence-electron chi connectivity index (χ1n) is 10.3. The summed E-state index contributed by atoms with van der Waals surface area (Å²) in [6, 6.07) is -0.116. The predicted molar refractivity (Wildman–Crippen MR) is 97.6 cm³/mol. The maximum absolute atomic E-state index is 12.9. The van der Waals surface area contributed by atoms with Crippen LogP contribution in [0.5, 0.6) is 0 Å². The summed E-state index contributed by atoms with van der Waals surface area (Å²) in [6.07, 6.45) is 4.17. The number of imide groups is 1. The number of piperidine rings is 1. The summed E-state index contributed by atoms with van der Waals surface area (Å²) in [6.45, 7) is 1.02. The lowest BCUT2D eigenvalue weighted by Gasteiger charge is -2.36. The number of hydrogen-bond donors (Lipinski definition) is 2. The second-order valence-corrected chi connectivity index (χ2v) is 8.18. The van der Waals surface area contributed by atoms with Crippen molar-refractivity contribution < 1.29 is 23.9 Å². The van der Waals surface area contributed by atoms with Crippen LogP contribution in [0, 0.1) is 11.8 Å². The minimum atomic E-state index is -0.410. The van der Waals surface area contributed by atoms with Gasteiger partial charge in [0.05, 0.1) is 24.0 Å². The van der Waals surface area contributed by atoms with Crippen LogP contribution >= 0.6 is 0 Å². The molecule has 0 radical (unpaired) electrons. The second-order valence-electron chi connectivity index (χ2n) is 8.18. The largest absolute Gasteiger partial charge is 0.373 e. The molecule has 0 aliphatic carbocycles. The molecule has 154 valence electrons. The number of carbonyl (C=O) groups excluding carboxylic acids is 4. The quantitative estimate of drug-likeness (QED) is 0.559. The smallest absolute Gasteiger partial charge is 0.243 e. The van der Waals surface area contributed by atoms with E-state index < -0.39 is 11.8 Å². The van der Waals surface area contributed by atoms with Gasteiger partial charge in [-0.15, -0.1) is 0 Å². The molecule has 9 nitrogen and oxygen atoms in total. The number of likely N-dealkylation sites (tertiary alicyclic amines) is 2. The van der Waals surface area contributed by atoms with Crippen molar-refractivity contribution in [3.63, 3.8) is 0 Å². The Balaban J connectivity index is 1.38. The number of hydrogen-bond acceptors (Lipinski definition) is 6. The van der Waals surface area contributed by atoms with Crippen molar-refractivity contribution in [2.75, 3.05) is 26.2 Å². The Bertz CT molecular complexity index is 655. The summed E-state index contributed by atoms with van der Waals surface area (Å²) < 4.78 is 5.73. The molecule has 5 atom stereocenters. The van der Waals surface area contributed by atoms with Crippen molar-refractivity contribution >= 4 is 23.6 Å². The average Bonchev–Trinajstić information content (AvgIpc) is 3.37. The molecule has 4 saturated heterocycles. The first-order chi connectivity index (χ1) is 13.5. The number of nitrogens with two attached hydrogens (primary N) is 1. The molecule has 0 aromatic rings. The van der Waals surface area contributed by atoms with Crippen LogP contribution in [0.4, 0.5) is 0 Å². The molecule has 4 aliphatic heterocycles. The highest BCUT2D eigenvalue weighted by Crippen LogP contribution is 2.48. The molecule has 0 aromatic heterocycles. The van der Waals surface area contributed by atoms with Crippen LogP contribution in [-0.2, 0) is 23.9 Å². The molecule has 4 heterocycles. The zero-order chi connectivity index (χ0) is 19.8. The normalized spacial score (nSPS) is 34.1. The molecule has 5 unspecified atom stereocenters. The van der Waals surface area contributed by atoms with Gasteiger partial charge in [0, 0.05) is 32.1 Å². The summed E-state index contributed by atoms with van der Waals surface area (Å²) >= 11 is 0. The van der Waals surface area contributed by atoms with E-state index in [0.717, 1.165) is 37.0 Å². The van der Waals surface area contributed by atoms with Gasteiger partial charge in [-0.3, -0.25) is 24.1 Å². The number of nitrogens with zero attached hydrogens (tertiary/aromatic N) is 2. The maximum atomic E-state index is 12.9. The molecule has 4 rings (SSSR count). The van der Waals surface area contributed by atoms with Gasteiger partial charge in [-0.25, -0.2) is 0 Å². The summed E-state index contributed by atoms with van der Waals surface area (Å²) in [7, 11) is 0. The van der Waals surface area contributed by atoms with Crippen molar-refractivity contribution in [3.05, 3.63) is 0 Å². The summed E-state index contributed by atoms with van der Waals surface area (Å²) in [5, 5.41) is 2.82. The van der Waals surface area contributed by atoms with E-state index in [0.29, 0.717) is 13.1 Å². The van der Waals surface area contributed by atoms with Crippen molar-refractivity contribution in [1.29, 1.82) is 0 Å². The van der Waals surface area contributed by atoms with Gasteiger partial charge < -0.3 is 20.7 Å². The van der Waals surface area contributed by atoms with E-state index in [1.54, 1.807) is 4.90 Å². The van der Waals surface area contributed by atoms with E-state index in [9.17, 15) is 19.2 Å². The minimum absolute atomic E-state index is 0.116. The van der Waals surface area contributed by atoms with E-state index in [1.807, 2.05) is 0 Å². The fourth-order valence-electron chi connectivity index (χ4n) is 5.15. The van der Waals surface area contributed by atoms with Crippen LogP contribution in [0.3, 0.4) is 0 Å². The monoisotopic (exact) mass is 392 g/mol. The lowest BCUT2D eigenvalue weighted by atomic mass is 9.81. The van der Waals surface area contributed by atoms with Gasteiger partial charge >= 0.3 is 0 Å². The number of fused-ring (bicyclic) bond motifs is 5. The summed E-state index contributed by atoms with van der Waals surface area (Å²) in [4.78, 5) is 53.0. The molecule has 2 bridgehead atoms. The van der Waals surface area contributed by atoms with Gasteiger partial charge in [0.25, 0.3) is 0 Å². The Kier molecular flexibility index (Phi) is 5.37. The number of nitrogens with one attached hydrogen (secondary N) is 1. The van der Waals surface area contributed by atoms with Crippen LogP contribution in [0.25, 0.3) is 0 Å². The van der Waals surface area contributed by atoms with Gasteiger partial charge in [-0.2, -0.15) is 0 Å². The highest BCUT2D eigenvalue weighted by atomic mass is 16.5. The van der Waals surface area contributed by atoms with Crippen molar-refractivity contribution in [1.82, 2.24) is 15.1 Å². The van der Waals surface area contributed by atoms with E-state index in [4.69, 9.17) is 10.5 Å². The van der Waals surface area contributed by atoms with Crippen molar-refractivity contribution in [2.24, 2.45) is 17.6 Å². The minimum Gasteiger partial charge on any atom is -0.373 e. The van der Waals surface area contributed by atoms with Crippen LogP contribution in [0.2, 0.25) is 0 Å². The molecular formula is C19H28N4O5. The molecule has 28 heavy (non-hydrogen) atoms. The highest BCUT2D eigenvalue weighted by Gasteiger charge is 2.62. The molecule has 0 spiro atoms. The first kappa shape index (κ1) is 19.3.